The second-order valence-corrected chi connectivity index (χ2v) is 8.20. The van der Waals surface area contributed by atoms with E-state index in [4.69, 9.17) is 9.47 Å². The van der Waals surface area contributed by atoms with Crippen molar-refractivity contribution in [2.75, 3.05) is 27.3 Å². The average molecular weight is 439 g/mol. The van der Waals surface area contributed by atoms with E-state index in [1.807, 2.05) is 18.2 Å². The third-order valence-corrected chi connectivity index (χ3v) is 6.28. The van der Waals surface area contributed by atoms with Crippen LogP contribution in [0.15, 0.2) is 47.4 Å². The maximum absolute atomic E-state index is 12.8. The highest BCUT2D eigenvalue weighted by Crippen LogP contribution is 2.35. The fourth-order valence-electron chi connectivity index (χ4n) is 3.66. The molecule has 0 atom stereocenters. The second-order valence-electron chi connectivity index (χ2n) is 7.21. The molecule has 2 aromatic rings. The number of hydrogen-bond acceptors (Lipinski definition) is 6. The first-order chi connectivity index (χ1) is 15.0. The summed E-state index contributed by atoms with van der Waals surface area (Å²) in [5.41, 5.74) is 2.98. The van der Waals surface area contributed by atoms with Crippen LogP contribution in [0.1, 0.15) is 16.7 Å². The molecule has 0 radical (unpaired) electrons. The lowest BCUT2D eigenvalue weighted by Gasteiger charge is -2.29. The first-order valence-electron chi connectivity index (χ1n) is 9.82. The van der Waals surface area contributed by atoms with Gasteiger partial charge in [-0.05, 0) is 47.5 Å². The number of methoxy groups -OCH3 is 2. The Hall–Kier alpha value is -3.26. The Labute approximate surface area is 184 Å². The highest BCUT2D eigenvalue weighted by Gasteiger charge is 2.37. The molecular weight excluding hydrogens is 416 g/mol. The van der Waals surface area contributed by atoms with Crippen LogP contribution in [0.25, 0.3) is 6.08 Å². The third-order valence-electron chi connectivity index (χ3n) is 5.38. The van der Waals surface area contributed by atoms with E-state index in [0.717, 1.165) is 28.6 Å². The molecule has 160 valence electrons. The van der Waals surface area contributed by atoms with E-state index >= 15 is 0 Å². The number of carbonyl (C=O) groups is 3. The highest BCUT2D eigenvalue weighted by molar-refractivity contribution is 8.18. The summed E-state index contributed by atoms with van der Waals surface area (Å²) in [7, 11) is 3.07. The molecule has 3 amide bonds. The Morgan fingerprint density at radius 2 is 1.87 bits per heavy atom. The maximum atomic E-state index is 12.8. The lowest BCUT2D eigenvalue weighted by atomic mass is 10.00. The number of hydrogen-bond donors (Lipinski definition) is 0. The van der Waals surface area contributed by atoms with Gasteiger partial charge in [-0.25, -0.2) is 0 Å². The van der Waals surface area contributed by atoms with E-state index in [1.165, 1.54) is 12.7 Å². The second kappa shape index (κ2) is 8.85. The number of rotatable bonds is 5. The minimum atomic E-state index is -0.473. The molecule has 7 nitrogen and oxygen atoms in total. The smallest absolute Gasteiger partial charge is 0.294 e. The normalized spacial score (nSPS) is 17.2. The van der Waals surface area contributed by atoms with Crippen LogP contribution in [0, 0.1) is 0 Å². The van der Waals surface area contributed by atoms with Crippen LogP contribution in [-0.4, -0.2) is 54.2 Å². The predicted molar refractivity (Wildman–Crippen MR) is 118 cm³/mol. The topological polar surface area (TPSA) is 76.2 Å². The number of benzene rings is 2. The van der Waals surface area contributed by atoms with Crippen molar-refractivity contribution in [3.05, 3.63) is 64.1 Å². The Kier molecular flexibility index (Phi) is 5.99. The van der Waals surface area contributed by atoms with E-state index in [0.29, 0.717) is 30.2 Å². The van der Waals surface area contributed by atoms with E-state index in [1.54, 1.807) is 36.3 Å². The van der Waals surface area contributed by atoms with Gasteiger partial charge in [0.15, 0.2) is 0 Å². The van der Waals surface area contributed by atoms with Gasteiger partial charge in [0, 0.05) is 24.7 Å². The molecule has 1 saturated heterocycles. The zero-order valence-electron chi connectivity index (χ0n) is 17.3. The summed E-state index contributed by atoms with van der Waals surface area (Å²) < 4.78 is 10.5. The van der Waals surface area contributed by atoms with Crippen molar-refractivity contribution in [1.29, 1.82) is 0 Å². The van der Waals surface area contributed by atoms with Gasteiger partial charge < -0.3 is 14.4 Å². The molecule has 4 rings (SSSR count). The van der Waals surface area contributed by atoms with E-state index in [9.17, 15) is 14.4 Å². The van der Waals surface area contributed by atoms with E-state index in [2.05, 4.69) is 6.07 Å². The molecule has 0 bridgehead atoms. The average Bonchev–Trinajstić information content (AvgIpc) is 3.06. The predicted octanol–water partition coefficient (Wildman–Crippen LogP) is 3.33. The Bertz CT molecular complexity index is 1080. The maximum Gasteiger partial charge on any atom is 0.294 e. The summed E-state index contributed by atoms with van der Waals surface area (Å²) in [6.07, 6.45) is 2.37. The number of thioether (sulfide) groups is 1. The zero-order valence-corrected chi connectivity index (χ0v) is 18.1. The molecule has 0 N–H and O–H groups in total. The summed E-state index contributed by atoms with van der Waals surface area (Å²) in [5, 5.41) is -0.450. The van der Waals surface area contributed by atoms with Crippen LogP contribution < -0.4 is 9.47 Å². The first-order valence-corrected chi connectivity index (χ1v) is 10.6. The summed E-state index contributed by atoms with van der Waals surface area (Å²) in [5.74, 6) is 0.434. The van der Waals surface area contributed by atoms with Crippen molar-refractivity contribution in [2.45, 2.75) is 13.0 Å². The van der Waals surface area contributed by atoms with Gasteiger partial charge in [0.2, 0.25) is 5.91 Å². The number of imide groups is 1. The number of amides is 3. The molecule has 0 aromatic heterocycles. The lowest BCUT2D eigenvalue weighted by molar-refractivity contribution is -0.136. The molecule has 2 aromatic carbocycles. The van der Waals surface area contributed by atoms with Crippen LogP contribution in [0.4, 0.5) is 4.79 Å². The number of carbonyl (C=O) groups excluding carboxylic acids is 3. The van der Waals surface area contributed by atoms with Crippen LogP contribution in [0.2, 0.25) is 0 Å². The largest absolute Gasteiger partial charge is 0.497 e. The van der Waals surface area contributed by atoms with Crippen LogP contribution in [0.5, 0.6) is 11.5 Å². The summed E-state index contributed by atoms with van der Waals surface area (Å²) in [6, 6.07) is 13.2. The van der Waals surface area contributed by atoms with Gasteiger partial charge in [0.25, 0.3) is 11.1 Å². The van der Waals surface area contributed by atoms with Crippen LogP contribution in [0.3, 0.4) is 0 Å². The molecule has 2 heterocycles. The molecule has 1 fully saturated rings. The third kappa shape index (κ3) is 4.29. The van der Waals surface area contributed by atoms with Gasteiger partial charge in [-0.3, -0.25) is 19.3 Å². The Morgan fingerprint density at radius 1 is 1.10 bits per heavy atom. The van der Waals surface area contributed by atoms with Gasteiger partial charge >= 0.3 is 0 Å². The monoisotopic (exact) mass is 438 g/mol. The minimum absolute atomic E-state index is 0.236. The van der Waals surface area contributed by atoms with Gasteiger partial charge in [0.1, 0.15) is 18.0 Å². The molecule has 2 aliphatic rings. The molecule has 2 aliphatic heterocycles. The molecule has 0 spiro atoms. The quantitative estimate of drug-likeness (QED) is 0.667. The molecule has 0 saturated carbocycles. The van der Waals surface area contributed by atoms with Gasteiger partial charge in [-0.1, -0.05) is 24.3 Å². The first kappa shape index (κ1) is 21.0. The fraction of sp³-hybridized carbons (Fsp3) is 0.261. The van der Waals surface area contributed by atoms with Crippen molar-refractivity contribution >= 4 is 34.9 Å². The standard InChI is InChI=1S/C23H22N2O5S/c1-29-18-8-7-16(19(12-18)30-2)11-20-22(27)25(23(28)31-20)14-21(26)24-10-9-15-5-3-4-6-17(15)13-24/h3-8,11-12H,9-10,13-14H2,1-2H3/b20-11-. The summed E-state index contributed by atoms with van der Waals surface area (Å²) in [4.78, 5) is 41.1. The van der Waals surface area contributed by atoms with Crippen molar-refractivity contribution in [2.24, 2.45) is 0 Å². The van der Waals surface area contributed by atoms with Crippen molar-refractivity contribution in [3.8, 4) is 11.5 Å². The molecule has 8 heteroatoms. The van der Waals surface area contributed by atoms with Gasteiger partial charge in [-0.2, -0.15) is 0 Å². The molecule has 31 heavy (non-hydrogen) atoms. The fourth-order valence-corrected chi connectivity index (χ4v) is 4.49. The summed E-state index contributed by atoms with van der Waals surface area (Å²) >= 11 is 0.824. The zero-order chi connectivity index (χ0) is 22.0. The molecular formula is C23H22N2O5S. The molecule has 0 aliphatic carbocycles. The SMILES string of the molecule is COc1ccc(/C=C2\SC(=O)N(CC(=O)N3CCc4ccccc4C3)C2=O)c(OC)c1. The van der Waals surface area contributed by atoms with Crippen molar-refractivity contribution in [1.82, 2.24) is 9.80 Å². The number of nitrogens with zero attached hydrogens (tertiary/aromatic N) is 2. The number of fused-ring (bicyclic) bond motifs is 1. The number of ether oxygens (including phenoxy) is 2. The van der Waals surface area contributed by atoms with E-state index in [-0.39, 0.29) is 17.4 Å². The van der Waals surface area contributed by atoms with E-state index < -0.39 is 11.1 Å². The lowest BCUT2D eigenvalue weighted by Crippen LogP contribution is -2.44. The van der Waals surface area contributed by atoms with Crippen molar-refractivity contribution < 1.29 is 23.9 Å². The van der Waals surface area contributed by atoms with Crippen molar-refractivity contribution in [3.63, 3.8) is 0 Å². The van der Waals surface area contributed by atoms with Gasteiger partial charge in [0.05, 0.1) is 19.1 Å². The Balaban J connectivity index is 1.48. The highest BCUT2D eigenvalue weighted by atomic mass is 32.2. The van der Waals surface area contributed by atoms with Crippen LogP contribution in [-0.2, 0) is 22.6 Å². The Morgan fingerprint density at radius 3 is 2.61 bits per heavy atom. The summed E-state index contributed by atoms with van der Waals surface area (Å²) in [6.45, 7) is 0.805. The van der Waals surface area contributed by atoms with Gasteiger partial charge in [-0.15, -0.1) is 0 Å². The van der Waals surface area contributed by atoms with Crippen LogP contribution >= 0.6 is 11.8 Å². The molecule has 0 unspecified atom stereocenters. The minimum Gasteiger partial charge on any atom is -0.497 e.